The maximum absolute atomic E-state index is 9.70. The average molecular weight is 514 g/mol. The normalized spacial score (nSPS) is 11.1. The van der Waals surface area contributed by atoms with Gasteiger partial charge in [0.05, 0.1) is 15.9 Å². The first-order valence-electron chi connectivity index (χ1n) is 11.9. The quantitative estimate of drug-likeness (QED) is 0.166. The number of benzene rings is 3. The van der Waals surface area contributed by atoms with Gasteiger partial charge in [-0.25, -0.2) is 9.97 Å². The molecule has 0 aliphatic carbocycles. The molecule has 3 N–H and O–H groups in total. The van der Waals surface area contributed by atoms with Crippen LogP contribution in [0.2, 0.25) is 0 Å². The van der Waals surface area contributed by atoms with Gasteiger partial charge in [0, 0.05) is 23.9 Å². The van der Waals surface area contributed by atoms with E-state index in [2.05, 4.69) is 60.5 Å². The zero-order chi connectivity index (χ0) is 24.9. The minimum atomic E-state index is 0.184. The highest BCUT2D eigenvalue weighted by Gasteiger charge is 2.10. The molecular weight excluding hydrogens is 486 g/mol. The highest BCUT2D eigenvalue weighted by Crippen LogP contribution is 2.29. The van der Waals surface area contributed by atoms with Gasteiger partial charge >= 0.3 is 0 Å². The van der Waals surface area contributed by atoms with E-state index in [0.29, 0.717) is 29.6 Å². The molecule has 0 aliphatic heterocycles. The molecule has 5 rings (SSSR count). The van der Waals surface area contributed by atoms with Gasteiger partial charge in [0.25, 0.3) is 0 Å². The zero-order valence-corrected chi connectivity index (χ0v) is 21.6. The molecule has 0 saturated heterocycles. The van der Waals surface area contributed by atoms with Crippen molar-refractivity contribution in [2.75, 3.05) is 17.2 Å². The lowest BCUT2D eigenvalue weighted by Gasteiger charge is -2.11. The first-order chi connectivity index (χ1) is 17.6. The third-order valence-electron chi connectivity index (χ3n) is 5.84. The summed E-state index contributed by atoms with van der Waals surface area (Å²) in [6.45, 7) is 2.80. The van der Waals surface area contributed by atoms with Gasteiger partial charge in [0.2, 0.25) is 5.95 Å². The lowest BCUT2D eigenvalue weighted by atomic mass is 10.1. The van der Waals surface area contributed by atoms with Gasteiger partial charge in [-0.05, 0) is 53.8 Å². The van der Waals surface area contributed by atoms with Crippen molar-refractivity contribution >= 4 is 51.1 Å². The molecule has 0 saturated carbocycles. The monoisotopic (exact) mass is 513 g/mol. The second-order valence-electron chi connectivity index (χ2n) is 8.53. The molecule has 2 heterocycles. The zero-order valence-electron chi connectivity index (χ0n) is 19.9. The number of phenols is 1. The molecule has 36 heavy (non-hydrogen) atoms. The number of rotatable bonds is 9. The Bertz CT molecular complexity index is 1490. The topological polar surface area (TPSA) is 83.0 Å². The van der Waals surface area contributed by atoms with Crippen LogP contribution >= 0.6 is 24.0 Å². The highest BCUT2D eigenvalue weighted by atomic mass is 32.1. The molecule has 0 fully saturated rings. The summed E-state index contributed by atoms with van der Waals surface area (Å²) < 4.78 is 1.16. The number of thiol groups is 1. The van der Waals surface area contributed by atoms with Gasteiger partial charge in [-0.15, -0.1) is 12.6 Å². The fourth-order valence-electron chi connectivity index (χ4n) is 3.93. The summed E-state index contributed by atoms with van der Waals surface area (Å²) in [6, 6.07) is 24.1. The van der Waals surface area contributed by atoms with Crippen LogP contribution in [-0.4, -0.2) is 26.6 Å². The Labute approximate surface area is 219 Å². The maximum Gasteiger partial charge on any atom is 0.224 e. The number of aryl methyl sites for hydroxylation is 1. The number of aromatic nitrogens is 3. The lowest BCUT2D eigenvalue weighted by molar-refractivity contribution is 0.462. The van der Waals surface area contributed by atoms with E-state index in [1.807, 2.05) is 36.4 Å². The number of hydrogen-bond donors (Lipinski definition) is 4. The number of hydrogen-bond acceptors (Lipinski definition) is 8. The van der Waals surface area contributed by atoms with Gasteiger partial charge in [-0.2, -0.15) is 4.98 Å². The summed E-state index contributed by atoms with van der Waals surface area (Å²) in [6.07, 6.45) is 2.45. The van der Waals surface area contributed by atoms with E-state index in [0.717, 1.165) is 39.4 Å². The standard InChI is InChI=1S/C28H27N5OS2/c1-2-18-8-10-22-25(16-18)36-28(31-22)33-26-17-21(14-19-6-4-3-5-7-19)30-27(32-26)29-13-12-20-9-11-23(34)24(35)15-20/h3-11,15-17,34-35H,2,12-14H2,1H3,(H2,29,30,31,32,33). The molecule has 0 bridgehead atoms. The van der Waals surface area contributed by atoms with E-state index in [9.17, 15) is 5.11 Å². The van der Waals surface area contributed by atoms with Crippen molar-refractivity contribution in [3.8, 4) is 5.75 Å². The van der Waals surface area contributed by atoms with Crippen LogP contribution in [0.1, 0.15) is 29.3 Å². The number of fused-ring (bicyclic) bond motifs is 1. The SMILES string of the molecule is CCc1ccc2nc(Nc3cc(Cc4ccccc4)nc(NCCc4ccc(O)c(S)c4)n3)sc2c1. The smallest absolute Gasteiger partial charge is 0.224 e. The molecule has 3 aromatic carbocycles. The fourth-order valence-corrected chi connectivity index (χ4v) is 5.11. The second kappa shape index (κ2) is 11.0. The molecule has 0 spiro atoms. The van der Waals surface area contributed by atoms with Crippen molar-refractivity contribution in [2.24, 2.45) is 0 Å². The summed E-state index contributed by atoms with van der Waals surface area (Å²) >= 11 is 5.93. The van der Waals surface area contributed by atoms with Crippen LogP contribution in [0.3, 0.4) is 0 Å². The predicted molar refractivity (Wildman–Crippen MR) is 151 cm³/mol. The van der Waals surface area contributed by atoms with Crippen LogP contribution in [0, 0.1) is 0 Å². The molecule has 0 aliphatic rings. The lowest BCUT2D eigenvalue weighted by Crippen LogP contribution is -2.10. The number of aromatic hydroxyl groups is 1. The van der Waals surface area contributed by atoms with Crippen molar-refractivity contribution in [1.29, 1.82) is 0 Å². The number of phenolic OH excluding ortho intramolecular Hbond substituents is 1. The number of nitrogens with one attached hydrogen (secondary N) is 2. The van der Waals surface area contributed by atoms with E-state index in [1.165, 1.54) is 11.1 Å². The van der Waals surface area contributed by atoms with Crippen molar-refractivity contribution in [2.45, 2.75) is 31.1 Å². The summed E-state index contributed by atoms with van der Waals surface area (Å²) in [5.74, 6) is 1.45. The first kappa shape index (κ1) is 24.1. The van der Waals surface area contributed by atoms with Gasteiger partial charge in [0.1, 0.15) is 11.6 Å². The Kier molecular flexibility index (Phi) is 7.34. The van der Waals surface area contributed by atoms with Gasteiger partial charge in [0.15, 0.2) is 5.13 Å². The van der Waals surface area contributed by atoms with E-state index >= 15 is 0 Å². The number of nitrogens with zero attached hydrogens (tertiary/aromatic N) is 3. The van der Waals surface area contributed by atoms with E-state index in [1.54, 1.807) is 17.4 Å². The third-order valence-corrected chi connectivity index (χ3v) is 7.13. The minimum absolute atomic E-state index is 0.184. The van der Waals surface area contributed by atoms with E-state index < -0.39 is 0 Å². The van der Waals surface area contributed by atoms with Crippen LogP contribution < -0.4 is 10.6 Å². The Morgan fingerprint density at radius 2 is 1.72 bits per heavy atom. The molecule has 5 aromatic rings. The first-order valence-corrected chi connectivity index (χ1v) is 13.1. The fraction of sp³-hybridized carbons (Fsp3) is 0.179. The van der Waals surface area contributed by atoms with Crippen LogP contribution in [-0.2, 0) is 19.3 Å². The largest absolute Gasteiger partial charge is 0.507 e. The Morgan fingerprint density at radius 1 is 0.889 bits per heavy atom. The summed E-state index contributed by atoms with van der Waals surface area (Å²) in [5, 5.41) is 17.3. The molecule has 182 valence electrons. The number of anilines is 3. The molecule has 0 amide bonds. The van der Waals surface area contributed by atoms with Gasteiger partial charge in [-0.3, -0.25) is 0 Å². The molecule has 6 nitrogen and oxygen atoms in total. The maximum atomic E-state index is 9.70. The van der Waals surface area contributed by atoms with Crippen LogP contribution in [0.25, 0.3) is 10.2 Å². The van der Waals surface area contributed by atoms with Crippen LogP contribution in [0.15, 0.2) is 77.7 Å². The van der Waals surface area contributed by atoms with Crippen LogP contribution in [0.4, 0.5) is 16.9 Å². The van der Waals surface area contributed by atoms with Crippen molar-refractivity contribution in [3.05, 3.63) is 95.2 Å². The molecule has 0 unspecified atom stereocenters. The van der Waals surface area contributed by atoms with Crippen molar-refractivity contribution < 1.29 is 5.11 Å². The van der Waals surface area contributed by atoms with Crippen molar-refractivity contribution in [3.63, 3.8) is 0 Å². The molecule has 8 heteroatoms. The summed E-state index contributed by atoms with van der Waals surface area (Å²) in [5.41, 5.74) is 5.46. The Morgan fingerprint density at radius 3 is 2.53 bits per heavy atom. The van der Waals surface area contributed by atoms with Gasteiger partial charge < -0.3 is 15.7 Å². The average Bonchev–Trinajstić information content (AvgIpc) is 3.28. The molecule has 0 radical (unpaired) electrons. The van der Waals surface area contributed by atoms with E-state index in [-0.39, 0.29) is 5.75 Å². The highest BCUT2D eigenvalue weighted by molar-refractivity contribution is 7.80. The van der Waals surface area contributed by atoms with Crippen molar-refractivity contribution in [1.82, 2.24) is 15.0 Å². The minimum Gasteiger partial charge on any atom is -0.507 e. The molecular formula is C28H27N5OS2. The number of thiazole rings is 1. The predicted octanol–water partition coefficient (Wildman–Crippen LogP) is 6.63. The molecule has 2 aromatic heterocycles. The van der Waals surface area contributed by atoms with E-state index in [4.69, 9.17) is 15.0 Å². The Hall–Kier alpha value is -3.62. The summed E-state index contributed by atoms with van der Waals surface area (Å²) in [7, 11) is 0. The second-order valence-corrected chi connectivity index (χ2v) is 10.0. The van der Waals surface area contributed by atoms with Crippen LogP contribution in [0.5, 0.6) is 5.75 Å². The summed E-state index contributed by atoms with van der Waals surface area (Å²) in [4.78, 5) is 14.8. The third kappa shape index (κ3) is 5.95. The Balaban J connectivity index is 1.37. The molecule has 0 atom stereocenters. The van der Waals surface area contributed by atoms with Gasteiger partial charge in [-0.1, -0.05) is 60.7 Å².